The molecule has 0 radical (unpaired) electrons. The number of aromatic nitrogens is 4. The highest BCUT2D eigenvalue weighted by molar-refractivity contribution is 5.68. The molecule has 0 atom stereocenters. The molecule has 2 heterocycles. The van der Waals surface area contributed by atoms with Gasteiger partial charge in [-0.2, -0.15) is 15.2 Å². The van der Waals surface area contributed by atoms with Crippen molar-refractivity contribution >= 4 is 6.09 Å². The minimum Gasteiger partial charge on any atom is -0.490 e. The summed E-state index contributed by atoms with van der Waals surface area (Å²) in [5.41, 5.74) is 1.54. The van der Waals surface area contributed by atoms with Crippen LogP contribution in [0, 0.1) is 5.82 Å². The van der Waals surface area contributed by atoms with E-state index >= 15 is 0 Å². The van der Waals surface area contributed by atoms with Crippen LogP contribution in [0.1, 0.15) is 58.6 Å². The van der Waals surface area contributed by atoms with Gasteiger partial charge in [0, 0.05) is 23.8 Å². The third-order valence-electron chi connectivity index (χ3n) is 6.89. The van der Waals surface area contributed by atoms with Gasteiger partial charge in [0.15, 0.2) is 11.6 Å². The Bertz CT molecular complexity index is 1480. The minimum atomic E-state index is -0.580. The Balaban J connectivity index is 1.17. The van der Waals surface area contributed by atoms with Crippen molar-refractivity contribution in [1.82, 2.24) is 25.3 Å². The molecule has 1 fully saturated rings. The van der Waals surface area contributed by atoms with Crippen molar-refractivity contribution in [3.63, 3.8) is 0 Å². The number of halogens is 1. The molecule has 0 unspecified atom stereocenters. The van der Waals surface area contributed by atoms with Crippen LogP contribution in [0.5, 0.6) is 17.4 Å². The van der Waals surface area contributed by atoms with E-state index in [-0.39, 0.29) is 29.0 Å². The molecule has 0 bridgehead atoms. The second-order valence-electron chi connectivity index (χ2n) is 11.7. The van der Waals surface area contributed by atoms with Gasteiger partial charge in [-0.05, 0) is 68.3 Å². The molecular formula is C31H34FN5O4. The van der Waals surface area contributed by atoms with Crippen LogP contribution in [-0.4, -0.2) is 43.8 Å². The van der Waals surface area contributed by atoms with E-state index in [1.54, 1.807) is 12.1 Å². The highest BCUT2D eigenvalue weighted by Gasteiger charge is 2.34. The maximum Gasteiger partial charge on any atom is 0.407 e. The Morgan fingerprint density at radius 3 is 2.02 bits per heavy atom. The molecule has 2 aromatic carbocycles. The lowest BCUT2D eigenvalue weighted by atomic mass is 9.78. The second kappa shape index (κ2) is 11.2. The predicted octanol–water partition coefficient (Wildman–Crippen LogP) is 6.35. The van der Waals surface area contributed by atoms with Gasteiger partial charge in [-0.15, -0.1) is 4.80 Å². The second-order valence-corrected chi connectivity index (χ2v) is 11.7. The maximum atomic E-state index is 14.4. The van der Waals surface area contributed by atoms with E-state index < -0.39 is 11.9 Å². The monoisotopic (exact) mass is 559 g/mol. The molecule has 4 aromatic rings. The minimum absolute atomic E-state index is 0.0182. The lowest BCUT2D eigenvalue weighted by Gasteiger charge is -2.35. The number of pyridine rings is 1. The maximum absolute atomic E-state index is 14.4. The number of carbonyl (C=O) groups is 1. The Kier molecular flexibility index (Phi) is 7.66. The fourth-order valence-corrected chi connectivity index (χ4v) is 4.49. The summed E-state index contributed by atoms with van der Waals surface area (Å²) >= 11 is 0. The summed E-state index contributed by atoms with van der Waals surface area (Å²) in [5.74, 6) is 0.857. The number of amides is 1. The van der Waals surface area contributed by atoms with E-state index in [9.17, 15) is 9.18 Å². The highest BCUT2D eigenvalue weighted by atomic mass is 19.1. The first-order valence-corrected chi connectivity index (χ1v) is 13.5. The number of rotatable bonds is 8. The fraction of sp³-hybridized carbons (Fsp3) is 0.355. The molecule has 41 heavy (non-hydrogen) atoms. The summed E-state index contributed by atoms with van der Waals surface area (Å²) in [6.07, 6.45) is 3.87. The molecule has 1 aliphatic rings. The van der Waals surface area contributed by atoms with E-state index in [4.69, 9.17) is 14.2 Å². The van der Waals surface area contributed by atoms with Crippen LogP contribution >= 0.6 is 0 Å². The van der Waals surface area contributed by atoms with Crippen LogP contribution < -0.4 is 14.8 Å². The molecule has 0 spiro atoms. The Labute approximate surface area is 238 Å². The van der Waals surface area contributed by atoms with E-state index in [0.717, 1.165) is 16.9 Å². The van der Waals surface area contributed by atoms with E-state index in [0.29, 0.717) is 24.4 Å². The number of carbonyl (C=O) groups excluding carboxylic acids is 1. The average Bonchev–Trinajstić information content (AvgIpc) is 3.43. The number of alkyl carbamates (subject to hydrolysis) is 1. The summed E-state index contributed by atoms with van der Waals surface area (Å²) in [6, 6.07) is 18.3. The fourth-order valence-electron chi connectivity index (χ4n) is 4.49. The Morgan fingerprint density at radius 1 is 0.854 bits per heavy atom. The molecule has 10 heteroatoms. The summed E-state index contributed by atoms with van der Waals surface area (Å²) in [4.78, 5) is 17.4. The smallest absolute Gasteiger partial charge is 0.407 e. The predicted molar refractivity (Wildman–Crippen MR) is 151 cm³/mol. The summed E-state index contributed by atoms with van der Waals surface area (Å²) in [5, 5.41) is 10.8. The molecule has 1 aliphatic carbocycles. The molecule has 9 nitrogen and oxygen atoms in total. The molecule has 2 aromatic heterocycles. The van der Waals surface area contributed by atoms with Crippen LogP contribution in [0.15, 0.2) is 73.1 Å². The number of ether oxygens (including phenoxy) is 3. The summed E-state index contributed by atoms with van der Waals surface area (Å²) < 4.78 is 31.6. The molecule has 214 valence electrons. The SMILES string of the molecule is CC(C)(C)NC(=O)OC1CC(Oc2ccc(C(C)(C)c3ccc(Oc4nc(-n5nccn5)ccc4F)cc3)cc2)C1. The molecule has 5 rings (SSSR count). The van der Waals surface area contributed by atoms with Crippen molar-refractivity contribution in [2.24, 2.45) is 0 Å². The zero-order chi connectivity index (χ0) is 29.2. The zero-order valence-corrected chi connectivity index (χ0v) is 23.8. The molecule has 1 N–H and O–H groups in total. The van der Waals surface area contributed by atoms with Gasteiger partial charge in [-0.3, -0.25) is 0 Å². The standard InChI is InChI=1S/C31H34FN5O4/c1-30(2,3)36-29(38)41-25-18-24(19-25)39-22-10-6-20(7-11-22)31(4,5)21-8-12-23(13-9-21)40-28-26(32)14-15-27(35-28)37-33-16-17-34-37/h6-17,24-25H,18-19H2,1-5H3,(H,36,38). The number of benzene rings is 2. The van der Waals surface area contributed by atoms with E-state index in [2.05, 4.69) is 46.5 Å². The van der Waals surface area contributed by atoms with Gasteiger partial charge in [0.1, 0.15) is 23.7 Å². The van der Waals surface area contributed by atoms with Crippen molar-refractivity contribution < 1.29 is 23.4 Å². The third-order valence-corrected chi connectivity index (χ3v) is 6.89. The van der Waals surface area contributed by atoms with Gasteiger partial charge in [-0.25, -0.2) is 9.18 Å². The van der Waals surface area contributed by atoms with Crippen LogP contribution in [-0.2, 0) is 10.2 Å². The highest BCUT2D eigenvalue weighted by Crippen LogP contribution is 2.35. The van der Waals surface area contributed by atoms with Gasteiger partial charge in [-0.1, -0.05) is 38.1 Å². The molecule has 1 saturated carbocycles. The Morgan fingerprint density at radius 2 is 1.44 bits per heavy atom. The lowest BCUT2D eigenvalue weighted by molar-refractivity contribution is -0.0243. The first kappa shape index (κ1) is 28.1. The van der Waals surface area contributed by atoms with Gasteiger partial charge in [0.05, 0.1) is 12.4 Å². The number of nitrogens with zero attached hydrogens (tertiary/aromatic N) is 4. The first-order chi connectivity index (χ1) is 19.5. The average molecular weight is 560 g/mol. The number of hydrogen-bond donors (Lipinski definition) is 1. The largest absolute Gasteiger partial charge is 0.490 e. The van der Waals surface area contributed by atoms with Crippen LogP contribution in [0.3, 0.4) is 0 Å². The van der Waals surface area contributed by atoms with Crippen LogP contribution in [0.2, 0.25) is 0 Å². The molecule has 0 saturated heterocycles. The molecular weight excluding hydrogens is 525 g/mol. The number of hydrogen-bond acceptors (Lipinski definition) is 7. The van der Waals surface area contributed by atoms with E-state index in [1.807, 2.05) is 45.0 Å². The topological polar surface area (TPSA) is 100 Å². The van der Waals surface area contributed by atoms with Gasteiger partial charge >= 0.3 is 6.09 Å². The van der Waals surface area contributed by atoms with Crippen molar-refractivity contribution in [3.8, 4) is 23.2 Å². The normalized spacial score (nSPS) is 16.9. The number of nitrogens with one attached hydrogen (secondary N) is 1. The van der Waals surface area contributed by atoms with Gasteiger partial charge in [0.25, 0.3) is 5.88 Å². The Hall–Kier alpha value is -4.47. The van der Waals surface area contributed by atoms with Gasteiger partial charge in [0.2, 0.25) is 0 Å². The van der Waals surface area contributed by atoms with Crippen LogP contribution in [0.25, 0.3) is 5.82 Å². The zero-order valence-electron chi connectivity index (χ0n) is 23.8. The third kappa shape index (κ3) is 6.82. The summed E-state index contributed by atoms with van der Waals surface area (Å²) in [7, 11) is 0. The van der Waals surface area contributed by atoms with Crippen molar-refractivity contribution in [3.05, 3.63) is 90.0 Å². The van der Waals surface area contributed by atoms with Crippen molar-refractivity contribution in [2.75, 3.05) is 0 Å². The van der Waals surface area contributed by atoms with Crippen molar-refractivity contribution in [1.29, 1.82) is 0 Å². The van der Waals surface area contributed by atoms with Gasteiger partial charge < -0.3 is 19.5 Å². The van der Waals surface area contributed by atoms with Crippen LogP contribution in [0.4, 0.5) is 9.18 Å². The quantitative estimate of drug-likeness (QED) is 0.268. The van der Waals surface area contributed by atoms with Crippen molar-refractivity contribution in [2.45, 2.75) is 70.6 Å². The van der Waals surface area contributed by atoms with E-state index in [1.165, 1.54) is 29.3 Å². The lowest BCUT2D eigenvalue weighted by Crippen LogP contribution is -2.46. The molecule has 0 aliphatic heterocycles. The molecule has 1 amide bonds. The first-order valence-electron chi connectivity index (χ1n) is 13.5. The summed E-state index contributed by atoms with van der Waals surface area (Å²) in [6.45, 7) is 10.0.